The third kappa shape index (κ3) is 5.99. The van der Waals surface area contributed by atoms with Crippen LogP contribution >= 0.6 is 0 Å². The number of rotatable bonds is 10. The summed E-state index contributed by atoms with van der Waals surface area (Å²) in [5, 5.41) is 20.1. The zero-order valence-corrected chi connectivity index (χ0v) is 22.9. The second-order valence-corrected chi connectivity index (χ2v) is 10.9. The number of amides is 1. The largest absolute Gasteiger partial charge is 0.491 e. The fraction of sp³-hybridized carbons (Fsp3) is 0.467. The number of carbonyl (C=O) groups is 2. The summed E-state index contributed by atoms with van der Waals surface area (Å²) in [6.07, 6.45) is 1.16. The summed E-state index contributed by atoms with van der Waals surface area (Å²) >= 11 is 0. The third-order valence-corrected chi connectivity index (χ3v) is 7.33. The van der Waals surface area contributed by atoms with Gasteiger partial charge in [0.05, 0.1) is 6.10 Å². The number of aliphatic carboxylic acids is 1. The highest BCUT2D eigenvalue weighted by molar-refractivity contribution is 5.97. The molecule has 3 rings (SSSR count). The van der Waals surface area contributed by atoms with Gasteiger partial charge in [-0.2, -0.15) is 0 Å². The number of ether oxygens (including phenoxy) is 1. The van der Waals surface area contributed by atoms with Crippen LogP contribution in [0.25, 0.3) is 11.0 Å². The molecule has 7 heteroatoms. The molecule has 0 aliphatic carbocycles. The SMILES string of the molecule is CCC(CC)(c1ccc(OC[C@@H](O)C(C)(C)C)c(C)c1)c1ccc2oc(C(=O)N(C)CC(=O)O)cc2c1. The summed E-state index contributed by atoms with van der Waals surface area (Å²) in [5.41, 5.74) is 3.34. The average molecular weight is 510 g/mol. The molecule has 0 saturated carbocycles. The van der Waals surface area contributed by atoms with Crippen molar-refractivity contribution in [3.05, 3.63) is 64.9 Å². The van der Waals surface area contributed by atoms with E-state index >= 15 is 0 Å². The highest BCUT2D eigenvalue weighted by atomic mass is 16.5. The lowest BCUT2D eigenvalue weighted by Crippen LogP contribution is -2.32. The maximum Gasteiger partial charge on any atom is 0.323 e. The number of aliphatic hydroxyl groups excluding tert-OH is 1. The number of likely N-dealkylation sites (N-methyl/N-ethyl adjacent to an activating group) is 1. The maximum atomic E-state index is 12.6. The van der Waals surface area contributed by atoms with Gasteiger partial charge < -0.3 is 24.3 Å². The Hall–Kier alpha value is -3.32. The number of fused-ring (bicyclic) bond motifs is 1. The molecule has 2 aromatic carbocycles. The standard InChI is InChI=1S/C30H39NO6/c1-8-30(9-2,21-10-12-23(19(3)14-21)36-18-26(32)29(4,5)6)22-11-13-24-20(15-22)16-25(37-24)28(35)31(7)17-27(33)34/h10-16,26,32H,8-9,17-18H2,1-7H3,(H,33,34)/t26-/m1/s1. The maximum absolute atomic E-state index is 12.6. The molecule has 1 heterocycles. The summed E-state index contributed by atoms with van der Waals surface area (Å²) in [7, 11) is 1.44. The van der Waals surface area contributed by atoms with Gasteiger partial charge in [0, 0.05) is 17.8 Å². The molecule has 7 nitrogen and oxygen atoms in total. The Labute approximate surface area is 219 Å². The Bertz CT molecular complexity index is 1260. The number of aryl methyl sites for hydroxylation is 1. The van der Waals surface area contributed by atoms with Crippen LogP contribution in [0.3, 0.4) is 0 Å². The number of hydrogen-bond donors (Lipinski definition) is 2. The molecule has 200 valence electrons. The van der Waals surface area contributed by atoms with Gasteiger partial charge in [0.25, 0.3) is 5.91 Å². The van der Waals surface area contributed by atoms with Gasteiger partial charge in [-0.1, -0.05) is 52.8 Å². The molecule has 0 radical (unpaired) electrons. The molecule has 1 amide bonds. The molecule has 1 atom stereocenters. The third-order valence-electron chi connectivity index (χ3n) is 7.33. The van der Waals surface area contributed by atoms with Gasteiger partial charge >= 0.3 is 5.97 Å². The highest BCUT2D eigenvalue weighted by Crippen LogP contribution is 2.41. The zero-order chi connectivity index (χ0) is 27.5. The number of nitrogens with zero attached hydrogens (tertiary/aromatic N) is 1. The predicted octanol–water partition coefficient (Wildman–Crippen LogP) is 5.79. The molecule has 0 aliphatic heterocycles. The van der Waals surface area contributed by atoms with Crippen molar-refractivity contribution in [2.45, 2.75) is 65.9 Å². The van der Waals surface area contributed by atoms with E-state index in [1.54, 1.807) is 6.07 Å². The van der Waals surface area contributed by atoms with Crippen molar-refractivity contribution in [1.29, 1.82) is 0 Å². The number of carboxylic acids is 1. The van der Waals surface area contributed by atoms with Crippen LogP contribution < -0.4 is 4.74 Å². The predicted molar refractivity (Wildman–Crippen MR) is 144 cm³/mol. The number of furan rings is 1. The van der Waals surface area contributed by atoms with Crippen molar-refractivity contribution in [2.75, 3.05) is 20.2 Å². The summed E-state index contributed by atoms with van der Waals surface area (Å²) in [6.45, 7) is 12.1. The van der Waals surface area contributed by atoms with E-state index in [-0.39, 0.29) is 23.2 Å². The summed E-state index contributed by atoms with van der Waals surface area (Å²) in [4.78, 5) is 24.7. The van der Waals surface area contributed by atoms with Crippen molar-refractivity contribution >= 4 is 22.8 Å². The molecule has 37 heavy (non-hydrogen) atoms. The van der Waals surface area contributed by atoms with Crippen molar-refractivity contribution < 1.29 is 29.0 Å². The van der Waals surface area contributed by atoms with Gasteiger partial charge in [-0.3, -0.25) is 9.59 Å². The fourth-order valence-corrected chi connectivity index (χ4v) is 4.67. The lowest BCUT2D eigenvalue weighted by atomic mass is 9.70. The quantitative estimate of drug-likeness (QED) is 0.359. The van der Waals surface area contributed by atoms with Crippen LogP contribution in [0.1, 0.15) is 74.7 Å². The van der Waals surface area contributed by atoms with E-state index < -0.39 is 24.5 Å². The van der Waals surface area contributed by atoms with E-state index in [9.17, 15) is 14.7 Å². The molecule has 0 aliphatic rings. The lowest BCUT2D eigenvalue weighted by molar-refractivity contribution is -0.137. The van der Waals surface area contributed by atoms with Crippen molar-refractivity contribution in [1.82, 2.24) is 4.90 Å². The van der Waals surface area contributed by atoms with Gasteiger partial charge in [0.2, 0.25) is 0 Å². The van der Waals surface area contributed by atoms with Crippen LogP contribution in [0.5, 0.6) is 5.75 Å². The fourth-order valence-electron chi connectivity index (χ4n) is 4.67. The van der Waals surface area contributed by atoms with Gasteiger partial charge in [0.15, 0.2) is 5.76 Å². The summed E-state index contributed by atoms with van der Waals surface area (Å²) in [5.74, 6) is -0.682. The van der Waals surface area contributed by atoms with Gasteiger partial charge in [-0.15, -0.1) is 0 Å². The monoisotopic (exact) mass is 509 g/mol. The van der Waals surface area contributed by atoms with Crippen molar-refractivity contribution in [2.24, 2.45) is 5.41 Å². The number of benzene rings is 2. The Balaban J connectivity index is 1.93. The minimum atomic E-state index is -1.08. The Morgan fingerprint density at radius 2 is 1.65 bits per heavy atom. The van der Waals surface area contributed by atoms with Gasteiger partial charge in [-0.25, -0.2) is 0 Å². The van der Waals surface area contributed by atoms with E-state index in [1.807, 2.05) is 45.9 Å². The topological polar surface area (TPSA) is 100 Å². The van der Waals surface area contributed by atoms with Crippen LogP contribution in [0, 0.1) is 12.3 Å². The molecule has 1 aromatic heterocycles. The van der Waals surface area contributed by atoms with Crippen LogP contribution in [0.2, 0.25) is 0 Å². The van der Waals surface area contributed by atoms with Crippen LogP contribution in [-0.4, -0.2) is 53.3 Å². The van der Waals surface area contributed by atoms with Gasteiger partial charge in [-0.05, 0) is 66.1 Å². The van der Waals surface area contributed by atoms with Crippen LogP contribution in [0.15, 0.2) is 46.9 Å². The smallest absolute Gasteiger partial charge is 0.323 e. The molecule has 0 bridgehead atoms. The average Bonchev–Trinajstić information content (AvgIpc) is 3.26. The van der Waals surface area contributed by atoms with E-state index in [0.29, 0.717) is 5.58 Å². The second kappa shape index (κ2) is 11.0. The first-order valence-electron chi connectivity index (χ1n) is 12.8. The van der Waals surface area contributed by atoms with Gasteiger partial charge in [0.1, 0.15) is 24.5 Å². The molecule has 2 N–H and O–H groups in total. The van der Waals surface area contributed by atoms with E-state index in [2.05, 4.69) is 32.0 Å². The lowest BCUT2D eigenvalue weighted by Gasteiger charge is -2.34. The zero-order valence-electron chi connectivity index (χ0n) is 22.9. The van der Waals surface area contributed by atoms with E-state index in [0.717, 1.165) is 40.0 Å². The van der Waals surface area contributed by atoms with Crippen molar-refractivity contribution in [3.63, 3.8) is 0 Å². The normalized spacial score (nSPS) is 13.0. The molecular weight excluding hydrogens is 470 g/mol. The van der Waals surface area contributed by atoms with Crippen LogP contribution in [-0.2, 0) is 10.2 Å². The molecule has 0 saturated heterocycles. The number of carboxylic acid groups (broad SMARTS) is 1. The Morgan fingerprint density at radius 3 is 2.22 bits per heavy atom. The first kappa shape index (κ1) is 28.3. The molecule has 0 spiro atoms. The van der Waals surface area contributed by atoms with Crippen LogP contribution in [0.4, 0.5) is 0 Å². The molecule has 0 unspecified atom stereocenters. The molecular formula is C30H39NO6. The van der Waals surface area contributed by atoms with E-state index in [4.69, 9.17) is 14.3 Å². The first-order valence-corrected chi connectivity index (χ1v) is 12.8. The number of aliphatic hydroxyl groups is 1. The molecule has 0 fully saturated rings. The summed E-state index contributed by atoms with van der Waals surface area (Å²) in [6, 6.07) is 13.9. The number of carbonyl (C=O) groups excluding carboxylic acids is 1. The second-order valence-electron chi connectivity index (χ2n) is 10.9. The highest BCUT2D eigenvalue weighted by Gasteiger charge is 2.32. The Morgan fingerprint density at radius 1 is 1.03 bits per heavy atom. The summed E-state index contributed by atoms with van der Waals surface area (Å²) < 4.78 is 11.7. The Kier molecular flexibility index (Phi) is 8.38. The first-order chi connectivity index (χ1) is 17.3. The number of hydrogen-bond acceptors (Lipinski definition) is 5. The van der Waals surface area contributed by atoms with E-state index in [1.165, 1.54) is 12.6 Å². The minimum Gasteiger partial charge on any atom is -0.491 e. The minimum absolute atomic E-state index is 0.115. The molecule has 3 aromatic rings. The van der Waals surface area contributed by atoms with Crippen molar-refractivity contribution in [3.8, 4) is 5.75 Å².